The average Bonchev–Trinajstić information content (AvgIpc) is 2.86. The average molecular weight is 279 g/mol. The molecular weight excluding hydrogens is 262 g/mol. The fourth-order valence-electron chi connectivity index (χ4n) is 1.77. The molecule has 6 nitrogen and oxygen atoms in total. The smallest absolute Gasteiger partial charge is 0.182 e. The number of nitrogens with two attached hydrogens (primary N) is 1. The number of anilines is 1. The summed E-state index contributed by atoms with van der Waals surface area (Å²) in [6.07, 6.45) is 2.48. The van der Waals surface area contributed by atoms with E-state index < -0.39 is 10.8 Å². The Balaban J connectivity index is 2.21. The summed E-state index contributed by atoms with van der Waals surface area (Å²) in [5, 5.41) is 11.8. The maximum atomic E-state index is 11.1. The third-order valence-electron chi connectivity index (χ3n) is 2.90. The molecule has 2 unspecified atom stereocenters. The van der Waals surface area contributed by atoms with E-state index in [0.717, 1.165) is 12.0 Å². The summed E-state index contributed by atoms with van der Waals surface area (Å²) in [6, 6.07) is 7.52. The summed E-state index contributed by atoms with van der Waals surface area (Å²) >= 11 is 0. The van der Waals surface area contributed by atoms with Crippen molar-refractivity contribution < 1.29 is 4.21 Å². The third kappa shape index (κ3) is 3.37. The van der Waals surface area contributed by atoms with Gasteiger partial charge in [0.15, 0.2) is 5.82 Å². The van der Waals surface area contributed by atoms with Gasteiger partial charge in [0.2, 0.25) is 0 Å². The lowest BCUT2D eigenvalue weighted by atomic mass is 10.2. The van der Waals surface area contributed by atoms with Gasteiger partial charge in [0, 0.05) is 34.1 Å². The van der Waals surface area contributed by atoms with E-state index in [2.05, 4.69) is 15.5 Å². The first kappa shape index (κ1) is 13.7. The monoisotopic (exact) mass is 279 g/mol. The molecular formula is C12H17N5OS. The molecule has 0 spiro atoms. The Labute approximate surface area is 114 Å². The molecule has 1 aromatic carbocycles. The number of rotatable bonds is 5. The Morgan fingerprint density at radius 1 is 1.37 bits per heavy atom. The summed E-state index contributed by atoms with van der Waals surface area (Å²) in [5.74, 6) is 1.34. The highest BCUT2D eigenvalue weighted by Crippen LogP contribution is 2.21. The summed E-state index contributed by atoms with van der Waals surface area (Å²) in [4.78, 5) is 0. The van der Waals surface area contributed by atoms with Crippen LogP contribution in [0.4, 0.5) is 5.69 Å². The van der Waals surface area contributed by atoms with Crippen LogP contribution in [0.1, 0.15) is 19.4 Å². The third-order valence-corrected chi connectivity index (χ3v) is 3.71. The number of nitrogen functional groups attached to an aromatic ring is 1. The highest BCUT2D eigenvalue weighted by atomic mass is 32.2. The molecule has 0 fully saturated rings. The first-order valence-electron chi connectivity index (χ1n) is 6.01. The molecule has 2 aromatic rings. The van der Waals surface area contributed by atoms with Crippen molar-refractivity contribution in [3.63, 3.8) is 0 Å². The molecule has 2 rings (SSSR count). The molecule has 2 atom stereocenters. The van der Waals surface area contributed by atoms with Crippen LogP contribution < -0.4 is 5.73 Å². The van der Waals surface area contributed by atoms with Crippen LogP contribution in [0.15, 0.2) is 24.3 Å². The molecule has 0 saturated carbocycles. The van der Waals surface area contributed by atoms with Gasteiger partial charge in [-0.2, -0.15) is 0 Å². The quantitative estimate of drug-likeness (QED) is 0.832. The van der Waals surface area contributed by atoms with Gasteiger partial charge in [-0.1, -0.05) is 0 Å². The number of hydrogen-bond acceptors (Lipinski definition) is 5. The van der Waals surface area contributed by atoms with Gasteiger partial charge < -0.3 is 5.73 Å². The van der Waals surface area contributed by atoms with Crippen LogP contribution >= 0.6 is 0 Å². The molecule has 0 aliphatic carbocycles. The van der Waals surface area contributed by atoms with Gasteiger partial charge in [-0.3, -0.25) is 4.21 Å². The van der Waals surface area contributed by atoms with E-state index in [-0.39, 0.29) is 6.04 Å². The molecule has 0 amide bonds. The summed E-state index contributed by atoms with van der Waals surface area (Å²) < 4.78 is 12.9. The maximum Gasteiger partial charge on any atom is 0.182 e. The lowest BCUT2D eigenvalue weighted by Gasteiger charge is -2.12. The van der Waals surface area contributed by atoms with Gasteiger partial charge >= 0.3 is 0 Å². The molecule has 0 aliphatic rings. The summed E-state index contributed by atoms with van der Waals surface area (Å²) in [7, 11) is -0.800. The fraction of sp³-hybridized carbons (Fsp3) is 0.417. The standard InChI is InChI=1S/C12H17N5OS/c1-9(7-8-19(2)18)17-12(14-15-16-17)10-3-5-11(13)6-4-10/h3-6,9H,7-8,13H2,1-2H3. The van der Waals surface area contributed by atoms with Crippen LogP contribution in [0.2, 0.25) is 0 Å². The fourth-order valence-corrected chi connectivity index (χ4v) is 2.44. The van der Waals surface area contributed by atoms with Crippen molar-refractivity contribution in [1.82, 2.24) is 20.2 Å². The molecule has 0 radical (unpaired) electrons. The van der Waals surface area contributed by atoms with E-state index in [1.807, 2.05) is 31.2 Å². The van der Waals surface area contributed by atoms with Crippen molar-refractivity contribution in [2.45, 2.75) is 19.4 Å². The number of tetrazole rings is 1. The largest absolute Gasteiger partial charge is 0.399 e. The Morgan fingerprint density at radius 2 is 2.05 bits per heavy atom. The molecule has 0 saturated heterocycles. The van der Waals surface area contributed by atoms with Gasteiger partial charge in [-0.05, 0) is 48.0 Å². The van der Waals surface area contributed by atoms with Crippen LogP contribution in [-0.4, -0.2) is 36.4 Å². The Morgan fingerprint density at radius 3 is 2.68 bits per heavy atom. The van der Waals surface area contributed by atoms with Crippen LogP contribution in [-0.2, 0) is 10.8 Å². The van der Waals surface area contributed by atoms with Crippen LogP contribution in [0.5, 0.6) is 0 Å². The van der Waals surface area contributed by atoms with Crippen molar-refractivity contribution >= 4 is 16.5 Å². The zero-order valence-corrected chi connectivity index (χ0v) is 11.8. The molecule has 1 heterocycles. The van der Waals surface area contributed by atoms with E-state index in [9.17, 15) is 4.21 Å². The van der Waals surface area contributed by atoms with E-state index >= 15 is 0 Å². The second-order valence-corrected chi connectivity index (χ2v) is 6.04. The first-order valence-corrected chi connectivity index (χ1v) is 7.74. The van der Waals surface area contributed by atoms with Crippen molar-refractivity contribution in [2.24, 2.45) is 0 Å². The maximum absolute atomic E-state index is 11.1. The lowest BCUT2D eigenvalue weighted by Crippen LogP contribution is -2.12. The molecule has 7 heteroatoms. The summed E-state index contributed by atoms with van der Waals surface area (Å²) in [5.41, 5.74) is 7.29. The van der Waals surface area contributed by atoms with Gasteiger partial charge in [0.25, 0.3) is 0 Å². The first-order chi connectivity index (χ1) is 9.08. The number of nitrogens with zero attached hydrogens (tertiary/aromatic N) is 4. The molecule has 2 N–H and O–H groups in total. The van der Waals surface area contributed by atoms with E-state index in [1.54, 1.807) is 10.9 Å². The second kappa shape index (κ2) is 5.92. The predicted molar refractivity (Wildman–Crippen MR) is 75.9 cm³/mol. The number of aromatic nitrogens is 4. The predicted octanol–water partition coefficient (Wildman–Crippen LogP) is 1.25. The van der Waals surface area contributed by atoms with Crippen LogP contribution in [0, 0.1) is 0 Å². The SMILES string of the molecule is CC(CCS(C)=O)n1nnnc1-c1ccc(N)cc1. The zero-order valence-electron chi connectivity index (χ0n) is 11.0. The highest BCUT2D eigenvalue weighted by Gasteiger charge is 2.14. The molecule has 102 valence electrons. The second-order valence-electron chi connectivity index (χ2n) is 4.48. The van der Waals surface area contributed by atoms with Crippen LogP contribution in [0.25, 0.3) is 11.4 Å². The zero-order chi connectivity index (χ0) is 13.8. The number of benzene rings is 1. The van der Waals surface area contributed by atoms with Crippen LogP contribution in [0.3, 0.4) is 0 Å². The Hall–Kier alpha value is -1.76. The topological polar surface area (TPSA) is 86.7 Å². The Kier molecular flexibility index (Phi) is 4.26. The van der Waals surface area contributed by atoms with Crippen molar-refractivity contribution in [3.05, 3.63) is 24.3 Å². The minimum absolute atomic E-state index is 0.103. The Bertz CT molecular complexity index is 566. The van der Waals surface area contributed by atoms with E-state index in [4.69, 9.17) is 5.73 Å². The van der Waals surface area contributed by atoms with Gasteiger partial charge in [0.1, 0.15) is 0 Å². The summed E-state index contributed by atoms with van der Waals surface area (Å²) in [6.45, 7) is 2.02. The van der Waals surface area contributed by atoms with E-state index in [0.29, 0.717) is 17.3 Å². The van der Waals surface area contributed by atoms with Crippen molar-refractivity contribution in [2.75, 3.05) is 17.7 Å². The minimum atomic E-state index is -0.800. The van der Waals surface area contributed by atoms with Gasteiger partial charge in [0.05, 0.1) is 6.04 Å². The highest BCUT2D eigenvalue weighted by molar-refractivity contribution is 7.84. The number of hydrogen-bond donors (Lipinski definition) is 1. The van der Waals surface area contributed by atoms with Crippen molar-refractivity contribution in [3.8, 4) is 11.4 Å². The van der Waals surface area contributed by atoms with Crippen molar-refractivity contribution in [1.29, 1.82) is 0 Å². The molecule has 0 aliphatic heterocycles. The van der Waals surface area contributed by atoms with E-state index in [1.165, 1.54) is 0 Å². The molecule has 0 bridgehead atoms. The molecule has 19 heavy (non-hydrogen) atoms. The molecule has 1 aromatic heterocycles. The minimum Gasteiger partial charge on any atom is -0.399 e. The lowest BCUT2D eigenvalue weighted by molar-refractivity contribution is 0.470. The van der Waals surface area contributed by atoms with Gasteiger partial charge in [-0.15, -0.1) is 5.10 Å². The van der Waals surface area contributed by atoms with Gasteiger partial charge in [-0.25, -0.2) is 4.68 Å². The normalized spacial score (nSPS) is 14.2.